The van der Waals surface area contributed by atoms with E-state index in [-0.39, 0.29) is 0 Å². The SMILES string of the molecule is N#CC=CC(=O)OCC1=CCCCC1. The van der Waals surface area contributed by atoms with Crippen LogP contribution in [0.25, 0.3) is 0 Å². The second-order valence-corrected chi connectivity index (χ2v) is 3.18. The van der Waals surface area contributed by atoms with E-state index in [1.165, 1.54) is 18.4 Å². The molecule has 0 atom stereocenters. The molecule has 1 aliphatic rings. The molecular formula is C11H13NO2. The predicted molar refractivity (Wildman–Crippen MR) is 52.3 cm³/mol. The predicted octanol–water partition coefficient (Wildman–Crippen LogP) is 2.11. The van der Waals surface area contributed by atoms with Crippen molar-refractivity contribution in [2.24, 2.45) is 0 Å². The van der Waals surface area contributed by atoms with Crippen LogP contribution in [0.5, 0.6) is 0 Å². The van der Waals surface area contributed by atoms with Crippen LogP contribution in [0, 0.1) is 11.3 Å². The van der Waals surface area contributed by atoms with Gasteiger partial charge in [-0.1, -0.05) is 6.08 Å². The lowest BCUT2D eigenvalue weighted by atomic mass is 10.0. The van der Waals surface area contributed by atoms with Crippen LogP contribution in [-0.4, -0.2) is 12.6 Å². The summed E-state index contributed by atoms with van der Waals surface area (Å²) in [6, 6.07) is 1.74. The average molecular weight is 191 g/mol. The quantitative estimate of drug-likeness (QED) is 0.297. The molecule has 1 aliphatic carbocycles. The van der Waals surface area contributed by atoms with Crippen molar-refractivity contribution in [3.05, 3.63) is 23.8 Å². The fraction of sp³-hybridized carbons (Fsp3) is 0.455. The molecule has 14 heavy (non-hydrogen) atoms. The van der Waals surface area contributed by atoms with Gasteiger partial charge >= 0.3 is 5.97 Å². The van der Waals surface area contributed by atoms with Gasteiger partial charge in [-0.25, -0.2) is 4.79 Å². The first-order valence-corrected chi connectivity index (χ1v) is 4.74. The number of ether oxygens (including phenoxy) is 1. The number of nitrogens with zero attached hydrogens (tertiary/aromatic N) is 1. The van der Waals surface area contributed by atoms with Gasteiger partial charge < -0.3 is 4.74 Å². The number of carbonyl (C=O) groups excluding carboxylic acids is 1. The summed E-state index contributed by atoms with van der Waals surface area (Å²) in [7, 11) is 0. The molecule has 74 valence electrons. The number of hydrogen-bond donors (Lipinski definition) is 0. The van der Waals surface area contributed by atoms with Crippen LogP contribution in [0.15, 0.2) is 23.8 Å². The van der Waals surface area contributed by atoms with E-state index in [4.69, 9.17) is 10.00 Å². The highest BCUT2D eigenvalue weighted by Gasteiger charge is 2.05. The molecule has 0 radical (unpaired) electrons. The van der Waals surface area contributed by atoms with Crippen molar-refractivity contribution in [3.63, 3.8) is 0 Å². The van der Waals surface area contributed by atoms with Crippen LogP contribution >= 0.6 is 0 Å². The number of nitriles is 1. The molecule has 0 aliphatic heterocycles. The Kier molecular flexibility index (Phi) is 4.49. The van der Waals surface area contributed by atoms with Crippen LogP contribution < -0.4 is 0 Å². The molecule has 0 spiro atoms. The van der Waals surface area contributed by atoms with Crippen molar-refractivity contribution in [1.82, 2.24) is 0 Å². The zero-order valence-corrected chi connectivity index (χ0v) is 8.03. The minimum Gasteiger partial charge on any atom is -0.458 e. The fourth-order valence-corrected chi connectivity index (χ4v) is 1.35. The van der Waals surface area contributed by atoms with Crippen molar-refractivity contribution in [2.45, 2.75) is 25.7 Å². The molecule has 0 aromatic heterocycles. The number of rotatable bonds is 3. The highest BCUT2D eigenvalue weighted by atomic mass is 16.5. The second kappa shape index (κ2) is 5.98. The van der Waals surface area contributed by atoms with E-state index < -0.39 is 5.97 Å². The summed E-state index contributed by atoms with van der Waals surface area (Å²) in [6.45, 7) is 0.370. The molecule has 0 amide bonds. The Balaban J connectivity index is 2.26. The van der Waals surface area contributed by atoms with Crippen molar-refractivity contribution in [1.29, 1.82) is 5.26 Å². The third-order valence-corrected chi connectivity index (χ3v) is 2.08. The monoisotopic (exact) mass is 191 g/mol. The number of carbonyl (C=O) groups is 1. The van der Waals surface area contributed by atoms with E-state index in [1.807, 2.05) is 0 Å². The average Bonchev–Trinajstić information content (AvgIpc) is 2.25. The summed E-state index contributed by atoms with van der Waals surface area (Å²) in [5.74, 6) is -0.446. The van der Waals surface area contributed by atoms with Crippen LogP contribution in [0.1, 0.15) is 25.7 Å². The van der Waals surface area contributed by atoms with E-state index in [9.17, 15) is 4.79 Å². The van der Waals surface area contributed by atoms with Gasteiger partial charge in [-0.15, -0.1) is 0 Å². The van der Waals surface area contributed by atoms with Gasteiger partial charge in [0.2, 0.25) is 0 Å². The maximum atomic E-state index is 11.0. The zero-order chi connectivity index (χ0) is 10.2. The largest absolute Gasteiger partial charge is 0.458 e. The molecule has 0 saturated heterocycles. The Morgan fingerprint density at radius 3 is 3.14 bits per heavy atom. The first kappa shape index (κ1) is 10.5. The van der Waals surface area contributed by atoms with Crippen LogP contribution in [0.2, 0.25) is 0 Å². The molecule has 0 aromatic rings. The van der Waals surface area contributed by atoms with Crippen molar-refractivity contribution >= 4 is 5.97 Å². The summed E-state index contributed by atoms with van der Waals surface area (Å²) < 4.78 is 4.94. The molecule has 3 nitrogen and oxygen atoms in total. The molecule has 0 fully saturated rings. The van der Waals surface area contributed by atoms with Gasteiger partial charge in [-0.2, -0.15) is 5.26 Å². The molecule has 0 saturated carbocycles. The zero-order valence-electron chi connectivity index (χ0n) is 8.03. The lowest BCUT2D eigenvalue weighted by Gasteiger charge is -2.11. The molecule has 0 aromatic carbocycles. The number of esters is 1. The van der Waals surface area contributed by atoms with Crippen LogP contribution in [0.4, 0.5) is 0 Å². The van der Waals surface area contributed by atoms with Crippen LogP contribution in [-0.2, 0) is 9.53 Å². The normalized spacial score (nSPS) is 16.1. The summed E-state index contributed by atoms with van der Waals surface area (Å²) >= 11 is 0. The number of allylic oxidation sites excluding steroid dienone is 2. The summed E-state index contributed by atoms with van der Waals surface area (Å²) in [4.78, 5) is 11.0. The Morgan fingerprint density at radius 2 is 2.50 bits per heavy atom. The number of hydrogen-bond acceptors (Lipinski definition) is 3. The Labute approximate surface area is 83.7 Å². The highest BCUT2D eigenvalue weighted by Crippen LogP contribution is 2.17. The molecule has 0 unspecified atom stereocenters. The first-order chi connectivity index (χ1) is 6.83. The minimum absolute atomic E-state index is 0.370. The van der Waals surface area contributed by atoms with Crippen molar-refractivity contribution < 1.29 is 9.53 Å². The van der Waals surface area contributed by atoms with E-state index >= 15 is 0 Å². The van der Waals surface area contributed by atoms with Crippen molar-refractivity contribution in [3.8, 4) is 6.07 Å². The summed E-state index contributed by atoms with van der Waals surface area (Å²) in [6.07, 6.45) is 8.91. The van der Waals surface area contributed by atoms with E-state index in [0.717, 1.165) is 25.0 Å². The second-order valence-electron chi connectivity index (χ2n) is 3.18. The Bertz CT molecular complexity index is 297. The van der Waals surface area contributed by atoms with Gasteiger partial charge in [-0.05, 0) is 31.3 Å². The third kappa shape index (κ3) is 3.90. The Morgan fingerprint density at radius 1 is 1.64 bits per heavy atom. The molecule has 0 heterocycles. The molecule has 3 heteroatoms. The fourth-order valence-electron chi connectivity index (χ4n) is 1.35. The summed E-state index contributed by atoms with van der Waals surface area (Å²) in [5, 5.41) is 8.18. The third-order valence-electron chi connectivity index (χ3n) is 2.08. The first-order valence-electron chi connectivity index (χ1n) is 4.74. The topological polar surface area (TPSA) is 50.1 Å². The van der Waals surface area contributed by atoms with E-state index in [1.54, 1.807) is 6.07 Å². The maximum Gasteiger partial charge on any atom is 0.331 e. The van der Waals surface area contributed by atoms with Gasteiger partial charge in [0.05, 0.1) is 6.07 Å². The lowest BCUT2D eigenvalue weighted by molar-refractivity contribution is -0.136. The molecule has 0 bridgehead atoms. The molecule has 1 rings (SSSR count). The van der Waals surface area contributed by atoms with Gasteiger partial charge in [0.15, 0.2) is 0 Å². The molecular weight excluding hydrogens is 178 g/mol. The summed E-state index contributed by atoms with van der Waals surface area (Å²) in [5.41, 5.74) is 1.19. The van der Waals surface area contributed by atoms with Gasteiger partial charge in [-0.3, -0.25) is 0 Å². The molecule has 0 N–H and O–H groups in total. The minimum atomic E-state index is -0.446. The maximum absolute atomic E-state index is 11.0. The van der Waals surface area contributed by atoms with E-state index in [2.05, 4.69) is 6.08 Å². The lowest BCUT2D eigenvalue weighted by Crippen LogP contribution is -2.06. The van der Waals surface area contributed by atoms with Crippen molar-refractivity contribution in [2.75, 3.05) is 6.61 Å². The Hall–Kier alpha value is -1.56. The van der Waals surface area contributed by atoms with Gasteiger partial charge in [0.25, 0.3) is 0 Å². The smallest absolute Gasteiger partial charge is 0.331 e. The van der Waals surface area contributed by atoms with Gasteiger partial charge in [0, 0.05) is 12.2 Å². The standard InChI is InChI=1S/C11H13NO2/c12-8-4-7-11(13)14-9-10-5-2-1-3-6-10/h4-5,7H,1-3,6,9H2. The van der Waals surface area contributed by atoms with Gasteiger partial charge in [0.1, 0.15) is 6.61 Å². The highest BCUT2D eigenvalue weighted by molar-refractivity contribution is 5.82. The van der Waals surface area contributed by atoms with E-state index in [0.29, 0.717) is 6.61 Å². The van der Waals surface area contributed by atoms with Crippen LogP contribution in [0.3, 0.4) is 0 Å².